The average molecular weight is 470 g/mol. The molecule has 0 aliphatic rings. The molecule has 6 heteroatoms. The molecular weight excluding hydrogens is 438 g/mol. The summed E-state index contributed by atoms with van der Waals surface area (Å²) in [5, 5.41) is 6.81. The van der Waals surface area contributed by atoms with Crippen LogP contribution in [-0.2, 0) is 4.74 Å². The summed E-state index contributed by atoms with van der Waals surface area (Å²) in [5.74, 6) is -0.433. The third-order valence-electron chi connectivity index (χ3n) is 5.87. The molecule has 0 fully saturated rings. The number of amides is 1. The number of carbonyl (C=O) groups excluding carboxylic acids is 2. The Bertz CT molecular complexity index is 1320. The molecule has 35 heavy (non-hydrogen) atoms. The van der Waals surface area contributed by atoms with E-state index in [9.17, 15) is 9.59 Å². The predicted molar refractivity (Wildman–Crippen MR) is 139 cm³/mol. The zero-order chi connectivity index (χ0) is 24.8. The highest BCUT2D eigenvalue weighted by Crippen LogP contribution is 2.28. The second kappa shape index (κ2) is 11.0. The van der Waals surface area contributed by atoms with Gasteiger partial charge in [-0.3, -0.25) is 4.79 Å². The first-order valence-electron chi connectivity index (χ1n) is 12.2. The minimum Gasteiger partial charge on any atom is -0.461 e. The second-order valence-corrected chi connectivity index (χ2v) is 8.45. The molecule has 0 spiro atoms. The van der Waals surface area contributed by atoms with Crippen molar-refractivity contribution < 1.29 is 14.3 Å². The number of esters is 1. The maximum atomic E-state index is 13.0. The van der Waals surface area contributed by atoms with E-state index < -0.39 is 5.97 Å². The standard InChI is InChI=1S/C29H31N3O3/c1-4-17-31(18-5-2)28(33)22-13-15-25(16-14-22)32-27(20-26(30-32)29(34)35-6-3)24-12-11-21-9-7-8-10-23(21)19-24/h7-16,19-20H,4-6,17-18H2,1-3H3. The molecule has 0 bridgehead atoms. The molecule has 0 saturated carbocycles. The van der Waals surface area contributed by atoms with Gasteiger partial charge in [-0.15, -0.1) is 0 Å². The van der Waals surface area contributed by atoms with E-state index >= 15 is 0 Å². The molecule has 180 valence electrons. The van der Waals surface area contributed by atoms with Crippen molar-refractivity contribution >= 4 is 22.6 Å². The lowest BCUT2D eigenvalue weighted by Crippen LogP contribution is -2.32. The van der Waals surface area contributed by atoms with E-state index in [1.165, 1.54) is 0 Å². The van der Waals surface area contributed by atoms with Crippen molar-refractivity contribution in [3.63, 3.8) is 0 Å². The van der Waals surface area contributed by atoms with Gasteiger partial charge in [0.05, 0.1) is 18.0 Å². The van der Waals surface area contributed by atoms with Gasteiger partial charge in [0, 0.05) is 24.2 Å². The summed E-state index contributed by atoms with van der Waals surface area (Å²) in [4.78, 5) is 27.4. The monoisotopic (exact) mass is 469 g/mol. The molecule has 3 aromatic carbocycles. The van der Waals surface area contributed by atoms with E-state index in [1.807, 2.05) is 47.4 Å². The Kier molecular flexibility index (Phi) is 7.60. The zero-order valence-electron chi connectivity index (χ0n) is 20.5. The molecule has 0 unspecified atom stereocenters. The summed E-state index contributed by atoms with van der Waals surface area (Å²) in [5.41, 5.74) is 3.35. The van der Waals surface area contributed by atoms with Gasteiger partial charge in [0.1, 0.15) is 0 Å². The molecule has 1 heterocycles. The molecule has 0 radical (unpaired) electrons. The number of hydrogen-bond acceptors (Lipinski definition) is 4. The van der Waals surface area contributed by atoms with Gasteiger partial charge in [0.25, 0.3) is 5.91 Å². The third-order valence-corrected chi connectivity index (χ3v) is 5.87. The van der Waals surface area contributed by atoms with Crippen LogP contribution in [0, 0.1) is 0 Å². The number of nitrogens with zero attached hydrogens (tertiary/aromatic N) is 3. The molecule has 0 saturated heterocycles. The van der Waals surface area contributed by atoms with E-state index in [2.05, 4.69) is 43.2 Å². The zero-order valence-corrected chi connectivity index (χ0v) is 20.5. The highest BCUT2D eigenvalue weighted by molar-refractivity contribution is 5.94. The van der Waals surface area contributed by atoms with Crippen molar-refractivity contribution in [2.75, 3.05) is 19.7 Å². The van der Waals surface area contributed by atoms with Crippen LogP contribution in [0.5, 0.6) is 0 Å². The lowest BCUT2D eigenvalue weighted by Gasteiger charge is -2.21. The van der Waals surface area contributed by atoms with E-state index in [0.29, 0.717) is 5.56 Å². The van der Waals surface area contributed by atoms with Crippen LogP contribution in [0.3, 0.4) is 0 Å². The molecular formula is C29H31N3O3. The number of fused-ring (bicyclic) bond motifs is 1. The smallest absolute Gasteiger partial charge is 0.358 e. The average Bonchev–Trinajstić information content (AvgIpc) is 3.34. The Morgan fingerprint density at radius 1 is 0.857 bits per heavy atom. The highest BCUT2D eigenvalue weighted by atomic mass is 16.5. The van der Waals surface area contributed by atoms with Crippen LogP contribution in [0.2, 0.25) is 0 Å². The normalized spacial score (nSPS) is 10.9. The van der Waals surface area contributed by atoms with Crippen molar-refractivity contribution in [3.05, 3.63) is 84.1 Å². The summed E-state index contributed by atoms with van der Waals surface area (Å²) in [6.07, 6.45) is 1.84. The number of aromatic nitrogens is 2. The number of rotatable bonds is 9. The van der Waals surface area contributed by atoms with Gasteiger partial charge in [-0.2, -0.15) is 5.10 Å². The minimum atomic E-state index is -0.463. The summed E-state index contributed by atoms with van der Waals surface area (Å²) < 4.78 is 6.93. The Morgan fingerprint density at radius 2 is 1.54 bits per heavy atom. The number of carbonyl (C=O) groups is 2. The van der Waals surface area contributed by atoms with E-state index in [4.69, 9.17) is 4.74 Å². The molecule has 4 aromatic rings. The van der Waals surface area contributed by atoms with Crippen LogP contribution in [0.4, 0.5) is 0 Å². The summed E-state index contributed by atoms with van der Waals surface area (Å²) in [7, 11) is 0. The van der Waals surface area contributed by atoms with E-state index in [1.54, 1.807) is 17.7 Å². The van der Waals surface area contributed by atoms with Gasteiger partial charge in [0.15, 0.2) is 5.69 Å². The Balaban J connectivity index is 1.74. The Hall–Kier alpha value is -3.93. The van der Waals surface area contributed by atoms with Gasteiger partial charge < -0.3 is 9.64 Å². The largest absolute Gasteiger partial charge is 0.461 e. The van der Waals surface area contributed by atoms with Gasteiger partial charge >= 0.3 is 5.97 Å². The van der Waals surface area contributed by atoms with E-state index in [-0.39, 0.29) is 18.2 Å². The van der Waals surface area contributed by atoms with Crippen molar-refractivity contribution in [1.29, 1.82) is 0 Å². The van der Waals surface area contributed by atoms with Crippen LogP contribution in [-0.4, -0.2) is 46.3 Å². The molecule has 0 N–H and O–H groups in total. The molecule has 0 atom stereocenters. The van der Waals surface area contributed by atoms with Crippen LogP contribution in [0.25, 0.3) is 27.7 Å². The second-order valence-electron chi connectivity index (χ2n) is 8.45. The van der Waals surface area contributed by atoms with Crippen LogP contribution in [0.1, 0.15) is 54.5 Å². The van der Waals surface area contributed by atoms with Crippen LogP contribution in [0.15, 0.2) is 72.8 Å². The lowest BCUT2D eigenvalue weighted by atomic mass is 10.0. The quantitative estimate of drug-likeness (QED) is 0.277. The topological polar surface area (TPSA) is 64.4 Å². The first-order valence-corrected chi connectivity index (χ1v) is 12.2. The number of ether oxygens (including phenoxy) is 1. The van der Waals surface area contributed by atoms with Gasteiger partial charge in [0.2, 0.25) is 0 Å². The van der Waals surface area contributed by atoms with Crippen molar-refractivity contribution in [1.82, 2.24) is 14.7 Å². The third kappa shape index (κ3) is 5.27. The van der Waals surface area contributed by atoms with Crippen molar-refractivity contribution in [2.45, 2.75) is 33.6 Å². The molecule has 1 amide bonds. The van der Waals surface area contributed by atoms with Gasteiger partial charge in [-0.1, -0.05) is 50.2 Å². The molecule has 1 aromatic heterocycles. The first-order chi connectivity index (χ1) is 17.0. The number of hydrogen-bond donors (Lipinski definition) is 0. The SMILES string of the molecule is CCCN(CCC)C(=O)c1ccc(-n2nc(C(=O)OCC)cc2-c2ccc3ccccc3c2)cc1. The fourth-order valence-electron chi connectivity index (χ4n) is 4.22. The molecule has 4 rings (SSSR count). The molecule has 0 aliphatic heterocycles. The minimum absolute atomic E-state index is 0.0303. The Labute approximate surface area is 206 Å². The van der Waals surface area contributed by atoms with Gasteiger partial charge in [-0.25, -0.2) is 9.48 Å². The first kappa shape index (κ1) is 24.2. The molecule has 6 nitrogen and oxygen atoms in total. The van der Waals surface area contributed by atoms with Crippen molar-refractivity contribution in [2.24, 2.45) is 0 Å². The summed E-state index contributed by atoms with van der Waals surface area (Å²) in [6, 6.07) is 23.5. The predicted octanol–water partition coefficient (Wildman–Crippen LogP) is 6.13. The maximum absolute atomic E-state index is 13.0. The number of benzene rings is 3. The van der Waals surface area contributed by atoms with Crippen molar-refractivity contribution in [3.8, 4) is 16.9 Å². The lowest BCUT2D eigenvalue weighted by molar-refractivity contribution is 0.0518. The summed E-state index contributed by atoms with van der Waals surface area (Å²) >= 11 is 0. The summed E-state index contributed by atoms with van der Waals surface area (Å²) in [6.45, 7) is 7.68. The van der Waals surface area contributed by atoms with Crippen LogP contribution < -0.4 is 0 Å². The maximum Gasteiger partial charge on any atom is 0.358 e. The van der Waals surface area contributed by atoms with Crippen LogP contribution >= 0.6 is 0 Å². The van der Waals surface area contributed by atoms with E-state index in [0.717, 1.165) is 53.6 Å². The fraction of sp³-hybridized carbons (Fsp3) is 0.276. The Morgan fingerprint density at radius 3 is 2.20 bits per heavy atom. The fourth-order valence-corrected chi connectivity index (χ4v) is 4.22. The highest BCUT2D eigenvalue weighted by Gasteiger charge is 2.19. The molecule has 0 aliphatic carbocycles. The van der Waals surface area contributed by atoms with Gasteiger partial charge in [-0.05, 0) is 66.9 Å².